The molecule has 0 unspecified atom stereocenters. The number of unbranched alkanes of at least 4 members (excludes halogenated alkanes) is 1. The van der Waals surface area contributed by atoms with E-state index in [1.165, 1.54) is 12.1 Å². The smallest absolute Gasteiger partial charge is 0.335 e. The molecule has 1 aromatic rings. The minimum atomic E-state index is -1.02. The monoisotopic (exact) mass is 244 g/mol. The van der Waals surface area contributed by atoms with Gasteiger partial charge in [-0.25, -0.2) is 4.79 Å². The van der Waals surface area contributed by atoms with Gasteiger partial charge >= 0.3 is 5.97 Å². The summed E-state index contributed by atoms with van der Waals surface area (Å²) in [7, 11) is 1.89. The SMILES string of the molecule is C=CCCCN(C)c1ccc(C(=O)O)cc1C#N. The van der Waals surface area contributed by atoms with E-state index in [1.807, 2.05) is 24.1 Å². The van der Waals surface area contributed by atoms with Crippen LogP contribution >= 0.6 is 0 Å². The summed E-state index contributed by atoms with van der Waals surface area (Å²) in [5.41, 5.74) is 1.28. The quantitative estimate of drug-likeness (QED) is 0.617. The van der Waals surface area contributed by atoms with Gasteiger partial charge in [-0.3, -0.25) is 0 Å². The lowest BCUT2D eigenvalue weighted by Gasteiger charge is -2.20. The maximum Gasteiger partial charge on any atom is 0.335 e. The Morgan fingerprint density at radius 2 is 2.33 bits per heavy atom. The van der Waals surface area contributed by atoms with Crippen molar-refractivity contribution in [1.82, 2.24) is 0 Å². The van der Waals surface area contributed by atoms with Crippen molar-refractivity contribution in [2.75, 3.05) is 18.5 Å². The Kier molecular flexibility index (Phi) is 4.94. The fourth-order valence-corrected chi connectivity index (χ4v) is 1.68. The van der Waals surface area contributed by atoms with E-state index in [-0.39, 0.29) is 5.56 Å². The first kappa shape index (κ1) is 13.8. The van der Waals surface area contributed by atoms with Gasteiger partial charge in [0, 0.05) is 13.6 Å². The number of carboxylic acid groups (broad SMARTS) is 1. The van der Waals surface area contributed by atoms with Crippen molar-refractivity contribution in [1.29, 1.82) is 5.26 Å². The van der Waals surface area contributed by atoms with Gasteiger partial charge < -0.3 is 10.0 Å². The molecule has 0 atom stereocenters. The highest BCUT2D eigenvalue weighted by atomic mass is 16.4. The number of anilines is 1. The van der Waals surface area contributed by atoms with Crippen molar-refractivity contribution in [3.05, 3.63) is 42.0 Å². The minimum Gasteiger partial charge on any atom is -0.478 e. The molecule has 94 valence electrons. The van der Waals surface area contributed by atoms with E-state index in [2.05, 4.69) is 6.58 Å². The van der Waals surface area contributed by atoms with Gasteiger partial charge in [0.05, 0.1) is 16.8 Å². The molecular weight excluding hydrogens is 228 g/mol. The van der Waals surface area contributed by atoms with Gasteiger partial charge in [-0.1, -0.05) is 6.08 Å². The van der Waals surface area contributed by atoms with E-state index in [1.54, 1.807) is 6.07 Å². The number of allylic oxidation sites excluding steroid dienone is 1. The standard InChI is InChI=1S/C14H16N2O2/c1-3-4-5-8-16(2)13-7-6-11(14(17)18)9-12(13)10-15/h3,6-7,9H,1,4-5,8H2,2H3,(H,17,18). The molecule has 0 aromatic heterocycles. The van der Waals surface area contributed by atoms with E-state index in [9.17, 15) is 4.79 Å². The zero-order chi connectivity index (χ0) is 13.5. The molecule has 0 fully saturated rings. The number of nitriles is 1. The number of aromatic carboxylic acids is 1. The Hall–Kier alpha value is -2.28. The summed E-state index contributed by atoms with van der Waals surface area (Å²) in [5, 5.41) is 17.9. The van der Waals surface area contributed by atoms with Crippen LogP contribution in [0.2, 0.25) is 0 Å². The molecular formula is C14H16N2O2. The maximum absolute atomic E-state index is 10.8. The summed E-state index contributed by atoms with van der Waals surface area (Å²) < 4.78 is 0. The largest absolute Gasteiger partial charge is 0.478 e. The molecule has 0 saturated carbocycles. The number of hydrogen-bond acceptors (Lipinski definition) is 3. The molecule has 0 aliphatic heterocycles. The topological polar surface area (TPSA) is 64.3 Å². The van der Waals surface area contributed by atoms with Crippen LogP contribution in [0.25, 0.3) is 0 Å². The molecule has 1 rings (SSSR count). The van der Waals surface area contributed by atoms with Crippen molar-refractivity contribution >= 4 is 11.7 Å². The lowest BCUT2D eigenvalue weighted by Crippen LogP contribution is -2.19. The van der Waals surface area contributed by atoms with Gasteiger partial charge in [-0.05, 0) is 31.0 Å². The van der Waals surface area contributed by atoms with Crippen LogP contribution in [0.15, 0.2) is 30.9 Å². The van der Waals surface area contributed by atoms with Crippen LogP contribution in [0.1, 0.15) is 28.8 Å². The predicted molar refractivity (Wildman–Crippen MR) is 70.8 cm³/mol. The lowest BCUT2D eigenvalue weighted by atomic mass is 10.1. The molecule has 4 nitrogen and oxygen atoms in total. The van der Waals surface area contributed by atoms with E-state index in [4.69, 9.17) is 10.4 Å². The first-order valence-electron chi connectivity index (χ1n) is 5.69. The predicted octanol–water partition coefficient (Wildman–Crippen LogP) is 2.66. The van der Waals surface area contributed by atoms with Crippen molar-refractivity contribution in [2.24, 2.45) is 0 Å². The molecule has 4 heteroatoms. The van der Waals surface area contributed by atoms with Gasteiger partial charge in [-0.2, -0.15) is 5.26 Å². The van der Waals surface area contributed by atoms with Crippen molar-refractivity contribution in [3.63, 3.8) is 0 Å². The van der Waals surface area contributed by atoms with Crippen LogP contribution in [0.3, 0.4) is 0 Å². The number of benzene rings is 1. The second-order valence-corrected chi connectivity index (χ2v) is 4.00. The Bertz CT molecular complexity index is 489. The number of carbonyl (C=O) groups is 1. The van der Waals surface area contributed by atoms with Gasteiger partial charge in [0.25, 0.3) is 0 Å². The zero-order valence-corrected chi connectivity index (χ0v) is 10.4. The number of rotatable bonds is 6. The summed E-state index contributed by atoms with van der Waals surface area (Å²) in [5.74, 6) is -1.02. The molecule has 0 aliphatic carbocycles. The van der Waals surface area contributed by atoms with E-state index < -0.39 is 5.97 Å². The fraction of sp³-hybridized carbons (Fsp3) is 0.286. The van der Waals surface area contributed by atoms with Crippen molar-refractivity contribution < 1.29 is 9.90 Å². The highest BCUT2D eigenvalue weighted by Gasteiger charge is 2.10. The van der Waals surface area contributed by atoms with Crippen LogP contribution < -0.4 is 4.90 Å². The third kappa shape index (κ3) is 3.36. The lowest BCUT2D eigenvalue weighted by molar-refractivity contribution is 0.0697. The van der Waals surface area contributed by atoms with Crippen molar-refractivity contribution in [3.8, 4) is 6.07 Å². The Morgan fingerprint density at radius 3 is 2.89 bits per heavy atom. The van der Waals surface area contributed by atoms with Crippen LogP contribution in [-0.4, -0.2) is 24.7 Å². The summed E-state index contributed by atoms with van der Waals surface area (Å²) in [6.45, 7) is 4.46. The molecule has 1 aromatic carbocycles. The number of nitrogens with zero attached hydrogens (tertiary/aromatic N) is 2. The van der Waals surface area contributed by atoms with Crippen LogP contribution in [-0.2, 0) is 0 Å². The average molecular weight is 244 g/mol. The molecule has 0 saturated heterocycles. The van der Waals surface area contributed by atoms with Gasteiger partial charge in [0.1, 0.15) is 6.07 Å². The Balaban J connectivity index is 2.92. The third-order valence-corrected chi connectivity index (χ3v) is 2.68. The average Bonchev–Trinajstić information content (AvgIpc) is 2.38. The first-order chi connectivity index (χ1) is 8.60. The number of hydrogen-bond donors (Lipinski definition) is 1. The summed E-state index contributed by atoms with van der Waals surface area (Å²) in [6.07, 6.45) is 3.72. The Morgan fingerprint density at radius 1 is 1.61 bits per heavy atom. The molecule has 0 heterocycles. The van der Waals surface area contributed by atoms with Gasteiger partial charge in [0.15, 0.2) is 0 Å². The zero-order valence-electron chi connectivity index (χ0n) is 10.4. The normalized spacial score (nSPS) is 9.56. The summed E-state index contributed by atoms with van der Waals surface area (Å²) in [4.78, 5) is 12.8. The molecule has 0 aliphatic rings. The second-order valence-electron chi connectivity index (χ2n) is 4.00. The maximum atomic E-state index is 10.8. The van der Waals surface area contributed by atoms with E-state index >= 15 is 0 Å². The molecule has 0 radical (unpaired) electrons. The summed E-state index contributed by atoms with van der Waals surface area (Å²) in [6, 6.07) is 6.63. The molecule has 1 N–H and O–H groups in total. The molecule has 18 heavy (non-hydrogen) atoms. The number of carboxylic acids is 1. The van der Waals surface area contributed by atoms with E-state index in [0.29, 0.717) is 5.56 Å². The van der Waals surface area contributed by atoms with Crippen LogP contribution in [0, 0.1) is 11.3 Å². The van der Waals surface area contributed by atoms with Crippen molar-refractivity contribution in [2.45, 2.75) is 12.8 Å². The molecule has 0 spiro atoms. The van der Waals surface area contributed by atoms with E-state index in [0.717, 1.165) is 25.1 Å². The van der Waals surface area contributed by atoms with Gasteiger partial charge in [-0.15, -0.1) is 6.58 Å². The van der Waals surface area contributed by atoms with Crippen LogP contribution in [0.4, 0.5) is 5.69 Å². The minimum absolute atomic E-state index is 0.134. The Labute approximate surface area is 107 Å². The second kappa shape index (κ2) is 6.45. The van der Waals surface area contributed by atoms with Crippen LogP contribution in [0.5, 0.6) is 0 Å². The highest BCUT2D eigenvalue weighted by molar-refractivity contribution is 5.89. The molecule has 0 amide bonds. The summed E-state index contributed by atoms with van der Waals surface area (Å²) >= 11 is 0. The highest BCUT2D eigenvalue weighted by Crippen LogP contribution is 2.20. The third-order valence-electron chi connectivity index (χ3n) is 2.68. The first-order valence-corrected chi connectivity index (χ1v) is 5.69. The van der Waals surface area contributed by atoms with Gasteiger partial charge in [0.2, 0.25) is 0 Å². The fourth-order valence-electron chi connectivity index (χ4n) is 1.68. The molecule has 0 bridgehead atoms.